The molecule has 0 saturated heterocycles. The Hall–Kier alpha value is -3.30. The summed E-state index contributed by atoms with van der Waals surface area (Å²) >= 11 is 0. The zero-order valence-corrected chi connectivity index (χ0v) is 17.9. The highest BCUT2D eigenvalue weighted by Gasteiger charge is 2.38. The first-order valence-corrected chi connectivity index (χ1v) is 11.0. The van der Waals surface area contributed by atoms with Gasteiger partial charge >= 0.3 is 0 Å². The van der Waals surface area contributed by atoms with E-state index in [-0.39, 0.29) is 17.4 Å². The Morgan fingerprint density at radius 1 is 1.10 bits per heavy atom. The number of nitrogens with one attached hydrogen (secondary N) is 1. The average molecular weight is 441 g/mol. The van der Waals surface area contributed by atoms with Gasteiger partial charge in [0.05, 0.1) is 13.2 Å². The molecule has 0 fully saturated rings. The molecule has 160 valence electrons. The highest BCUT2D eigenvalue weighted by molar-refractivity contribution is 7.89. The summed E-state index contributed by atoms with van der Waals surface area (Å²) < 4.78 is 41.2. The topological polar surface area (TPSA) is 82.6 Å². The maximum absolute atomic E-state index is 13.8. The van der Waals surface area contributed by atoms with Gasteiger partial charge in [-0.15, -0.1) is 0 Å². The van der Waals surface area contributed by atoms with E-state index in [9.17, 15) is 17.6 Å². The summed E-state index contributed by atoms with van der Waals surface area (Å²) in [4.78, 5) is 18.4. The van der Waals surface area contributed by atoms with E-state index in [1.807, 2.05) is 26.0 Å². The van der Waals surface area contributed by atoms with Crippen molar-refractivity contribution in [3.63, 3.8) is 0 Å². The van der Waals surface area contributed by atoms with Crippen molar-refractivity contribution < 1.29 is 17.6 Å². The molecule has 0 radical (unpaired) electrons. The van der Waals surface area contributed by atoms with Crippen molar-refractivity contribution in [2.45, 2.75) is 18.7 Å². The number of amides is 1. The number of anilines is 3. The number of aromatic nitrogens is 1. The molecule has 31 heavy (non-hydrogen) atoms. The van der Waals surface area contributed by atoms with E-state index in [0.717, 1.165) is 15.4 Å². The van der Waals surface area contributed by atoms with Gasteiger partial charge < -0.3 is 10.2 Å². The lowest BCUT2D eigenvalue weighted by atomic mass is 10.1. The first-order valence-electron chi connectivity index (χ1n) is 9.61. The molecule has 2 aromatic carbocycles. The first kappa shape index (κ1) is 21.0. The largest absolute Gasteiger partial charge is 0.325 e. The molecule has 9 heteroatoms. The fourth-order valence-corrected chi connectivity index (χ4v) is 4.87. The van der Waals surface area contributed by atoms with Crippen molar-refractivity contribution in [2.75, 3.05) is 23.4 Å². The molecule has 1 aromatic heterocycles. The zero-order chi connectivity index (χ0) is 22.2. The Morgan fingerprint density at radius 2 is 1.90 bits per heavy atom. The summed E-state index contributed by atoms with van der Waals surface area (Å²) in [7, 11) is -3.96. The van der Waals surface area contributed by atoms with Crippen molar-refractivity contribution in [3.05, 3.63) is 77.7 Å². The Bertz CT molecular complexity index is 1260. The third kappa shape index (κ3) is 4.14. The predicted octanol–water partition coefficient (Wildman–Crippen LogP) is 3.58. The molecule has 0 aliphatic carbocycles. The highest BCUT2D eigenvalue weighted by Crippen LogP contribution is 2.36. The van der Waals surface area contributed by atoms with Crippen LogP contribution >= 0.6 is 0 Å². The molecular formula is C22H21FN4O3S. The van der Waals surface area contributed by atoms with Gasteiger partial charge in [0.25, 0.3) is 0 Å². The zero-order valence-electron chi connectivity index (χ0n) is 17.0. The molecule has 0 bridgehead atoms. The van der Waals surface area contributed by atoms with Crippen LogP contribution in [0.3, 0.4) is 0 Å². The number of hydrogen-bond acceptors (Lipinski definition) is 5. The van der Waals surface area contributed by atoms with Gasteiger partial charge in [0.15, 0.2) is 5.82 Å². The summed E-state index contributed by atoms with van der Waals surface area (Å²) in [6.45, 7) is 3.33. The van der Waals surface area contributed by atoms with Gasteiger partial charge in [-0.3, -0.25) is 4.79 Å². The predicted molar refractivity (Wildman–Crippen MR) is 116 cm³/mol. The van der Waals surface area contributed by atoms with Crippen molar-refractivity contribution in [3.8, 4) is 0 Å². The van der Waals surface area contributed by atoms with E-state index < -0.39 is 28.3 Å². The number of rotatable bonds is 4. The second-order valence-electron chi connectivity index (χ2n) is 7.34. The van der Waals surface area contributed by atoms with Crippen LogP contribution in [-0.4, -0.2) is 36.8 Å². The molecule has 7 nitrogen and oxygen atoms in total. The Balaban J connectivity index is 1.64. The third-order valence-corrected chi connectivity index (χ3v) is 6.95. The first-order chi connectivity index (χ1) is 14.8. The summed E-state index contributed by atoms with van der Waals surface area (Å²) in [5, 5.41) is 2.74. The smallest absolute Gasteiger partial charge is 0.248 e. The number of fused-ring (bicyclic) bond motifs is 1. The number of carbonyl (C=O) groups excluding carboxylic acids is 1. The van der Waals surface area contributed by atoms with Gasteiger partial charge in [-0.1, -0.05) is 12.1 Å². The quantitative estimate of drug-likeness (QED) is 0.671. The van der Waals surface area contributed by atoms with Crippen molar-refractivity contribution in [1.82, 2.24) is 9.29 Å². The van der Waals surface area contributed by atoms with E-state index >= 15 is 0 Å². The van der Waals surface area contributed by atoms with Crippen LogP contribution in [0.2, 0.25) is 0 Å². The van der Waals surface area contributed by atoms with E-state index in [1.165, 1.54) is 36.5 Å². The van der Waals surface area contributed by atoms with Gasteiger partial charge in [-0.25, -0.2) is 17.8 Å². The van der Waals surface area contributed by atoms with Crippen LogP contribution in [-0.2, 0) is 14.8 Å². The number of halogens is 1. The molecule has 1 aliphatic rings. The van der Waals surface area contributed by atoms with Crippen LogP contribution < -0.4 is 10.2 Å². The molecular weight excluding hydrogens is 419 g/mol. The lowest BCUT2D eigenvalue weighted by Crippen LogP contribution is -2.47. The molecule has 4 rings (SSSR count). The third-order valence-electron chi connectivity index (χ3n) is 5.15. The standard InChI is InChI=1S/C22H21FN4O3S/c1-15-8-9-18(11-16(15)2)25-21(28)13-26-14-27(19-6-3-5-17(23)12-19)22-20(31(26,29)30)7-4-10-24-22/h3-12H,13-14H2,1-2H3,(H,25,28). The van der Waals surface area contributed by atoms with Gasteiger partial charge in [0.1, 0.15) is 10.7 Å². The molecule has 2 heterocycles. The highest BCUT2D eigenvalue weighted by atomic mass is 32.2. The number of hydrogen-bond donors (Lipinski definition) is 1. The molecule has 1 amide bonds. The molecule has 0 saturated carbocycles. The van der Waals surface area contributed by atoms with E-state index in [0.29, 0.717) is 11.4 Å². The van der Waals surface area contributed by atoms with Crippen LogP contribution in [0, 0.1) is 19.7 Å². The molecule has 0 atom stereocenters. The second-order valence-corrected chi connectivity index (χ2v) is 9.24. The summed E-state index contributed by atoms with van der Waals surface area (Å²) in [5.41, 5.74) is 3.13. The van der Waals surface area contributed by atoms with Gasteiger partial charge in [0.2, 0.25) is 15.9 Å². The summed E-state index contributed by atoms with van der Waals surface area (Å²) in [6, 6.07) is 14.2. The monoisotopic (exact) mass is 440 g/mol. The number of sulfonamides is 1. The van der Waals surface area contributed by atoms with Gasteiger partial charge in [-0.05, 0) is 67.4 Å². The SMILES string of the molecule is Cc1ccc(NC(=O)CN2CN(c3cccc(F)c3)c3ncccc3S2(=O)=O)cc1C. The van der Waals surface area contributed by atoms with Crippen LogP contribution in [0.25, 0.3) is 0 Å². The minimum atomic E-state index is -3.96. The van der Waals surface area contributed by atoms with Crippen LogP contribution in [0.5, 0.6) is 0 Å². The Morgan fingerprint density at radius 3 is 2.65 bits per heavy atom. The minimum absolute atomic E-state index is 0.0375. The lowest BCUT2D eigenvalue weighted by Gasteiger charge is -2.36. The van der Waals surface area contributed by atoms with Crippen LogP contribution in [0.1, 0.15) is 11.1 Å². The Labute approximate surface area is 180 Å². The molecule has 3 aromatic rings. The number of nitrogens with zero attached hydrogens (tertiary/aromatic N) is 3. The molecule has 0 spiro atoms. The minimum Gasteiger partial charge on any atom is -0.325 e. The maximum Gasteiger partial charge on any atom is 0.248 e. The van der Waals surface area contributed by atoms with Crippen LogP contribution in [0.15, 0.2) is 65.7 Å². The second kappa shape index (κ2) is 8.09. The summed E-state index contributed by atoms with van der Waals surface area (Å²) in [5.74, 6) is -0.736. The van der Waals surface area contributed by atoms with Crippen molar-refractivity contribution >= 4 is 33.1 Å². The van der Waals surface area contributed by atoms with E-state index in [4.69, 9.17) is 0 Å². The molecule has 0 unspecified atom stereocenters. The van der Waals surface area contributed by atoms with Gasteiger partial charge in [-0.2, -0.15) is 4.31 Å². The normalized spacial score (nSPS) is 15.4. The number of benzene rings is 2. The van der Waals surface area contributed by atoms with Crippen molar-refractivity contribution in [2.24, 2.45) is 0 Å². The molecule has 1 N–H and O–H groups in total. The number of carbonyl (C=O) groups is 1. The number of aryl methyl sites for hydroxylation is 2. The maximum atomic E-state index is 13.8. The number of pyridine rings is 1. The van der Waals surface area contributed by atoms with E-state index in [2.05, 4.69) is 10.3 Å². The Kier molecular flexibility index (Phi) is 5.47. The summed E-state index contributed by atoms with van der Waals surface area (Å²) in [6.07, 6.45) is 1.47. The van der Waals surface area contributed by atoms with Crippen LogP contribution in [0.4, 0.5) is 21.6 Å². The fraction of sp³-hybridized carbons (Fsp3) is 0.182. The average Bonchev–Trinajstić information content (AvgIpc) is 2.73. The van der Waals surface area contributed by atoms with Gasteiger partial charge in [0, 0.05) is 17.6 Å². The van der Waals surface area contributed by atoms with E-state index in [1.54, 1.807) is 17.0 Å². The lowest BCUT2D eigenvalue weighted by molar-refractivity contribution is -0.116. The van der Waals surface area contributed by atoms with Crippen molar-refractivity contribution in [1.29, 1.82) is 0 Å². The molecule has 1 aliphatic heterocycles. The fourth-order valence-electron chi connectivity index (χ4n) is 3.39.